The molecular weight excluding hydrogens is 267 g/mol. The Morgan fingerprint density at radius 1 is 1.44 bits per heavy atom. The van der Waals surface area contributed by atoms with Gasteiger partial charge in [0.2, 0.25) is 11.0 Å². The minimum Gasteiger partial charge on any atom is -0.356 e. The van der Waals surface area contributed by atoms with E-state index in [4.69, 9.17) is 0 Å². The van der Waals surface area contributed by atoms with Gasteiger partial charge in [-0.15, -0.1) is 0 Å². The first-order valence-electron chi connectivity index (χ1n) is 5.00. The van der Waals surface area contributed by atoms with Gasteiger partial charge < -0.3 is 5.32 Å². The normalized spacial score (nSPS) is 11.8. The first kappa shape index (κ1) is 12.8. The van der Waals surface area contributed by atoms with Gasteiger partial charge in [-0.1, -0.05) is 0 Å². The van der Waals surface area contributed by atoms with E-state index in [-0.39, 0.29) is 5.13 Å². The Labute approximate surface area is 105 Å². The molecule has 98 valence electrons. The van der Waals surface area contributed by atoms with Crippen LogP contribution in [0.2, 0.25) is 0 Å². The molecule has 0 aliphatic rings. The Morgan fingerprint density at radius 3 is 2.67 bits per heavy atom. The van der Waals surface area contributed by atoms with Crippen LogP contribution in [0.5, 0.6) is 0 Å². The summed E-state index contributed by atoms with van der Waals surface area (Å²) < 4.78 is 41.8. The van der Waals surface area contributed by atoms with E-state index in [2.05, 4.69) is 19.8 Å². The Bertz CT molecular complexity index is 545. The number of aryl methyl sites for hydroxylation is 1. The minimum absolute atomic E-state index is 0.144. The second-order valence-corrected chi connectivity index (χ2v) is 4.41. The summed E-state index contributed by atoms with van der Waals surface area (Å²) in [5, 5.41) is 6.98. The molecule has 0 fully saturated rings. The molecule has 0 bridgehead atoms. The van der Waals surface area contributed by atoms with Crippen molar-refractivity contribution >= 4 is 16.7 Å². The molecule has 2 heterocycles. The van der Waals surface area contributed by atoms with Crippen molar-refractivity contribution in [2.45, 2.75) is 19.6 Å². The number of nitrogens with one attached hydrogen (secondary N) is 1. The van der Waals surface area contributed by atoms with E-state index >= 15 is 0 Å². The molecule has 2 aromatic rings. The summed E-state index contributed by atoms with van der Waals surface area (Å²) in [6, 6.07) is 0. The van der Waals surface area contributed by atoms with Gasteiger partial charge in [-0.3, -0.25) is 4.68 Å². The lowest BCUT2D eigenvalue weighted by molar-refractivity contribution is -0.144. The highest BCUT2D eigenvalue weighted by Gasteiger charge is 2.36. The smallest absolute Gasteiger partial charge is 0.356 e. The molecule has 1 N–H and O–H groups in total. The maximum absolute atomic E-state index is 12.3. The summed E-state index contributed by atoms with van der Waals surface area (Å²) in [5.74, 6) is -1.11. The lowest BCUT2D eigenvalue weighted by Gasteiger charge is -2.02. The first-order valence-corrected chi connectivity index (χ1v) is 5.77. The fourth-order valence-corrected chi connectivity index (χ4v) is 1.88. The highest BCUT2D eigenvalue weighted by atomic mass is 32.1. The first-order chi connectivity index (χ1) is 8.38. The van der Waals surface area contributed by atoms with Gasteiger partial charge in [-0.05, 0) is 6.92 Å². The molecule has 9 heteroatoms. The van der Waals surface area contributed by atoms with Gasteiger partial charge in [0.05, 0.1) is 6.20 Å². The van der Waals surface area contributed by atoms with Gasteiger partial charge in [0.1, 0.15) is 0 Å². The van der Waals surface area contributed by atoms with Crippen LogP contribution in [-0.2, 0) is 19.8 Å². The van der Waals surface area contributed by atoms with E-state index in [9.17, 15) is 13.2 Å². The summed E-state index contributed by atoms with van der Waals surface area (Å²) >= 11 is 0.689. The number of alkyl halides is 3. The van der Waals surface area contributed by atoms with Gasteiger partial charge in [-0.25, -0.2) is 0 Å². The van der Waals surface area contributed by atoms with Crippen molar-refractivity contribution in [2.24, 2.45) is 7.05 Å². The second-order valence-electron chi connectivity index (χ2n) is 3.65. The maximum atomic E-state index is 12.3. The number of hydrogen-bond donors (Lipinski definition) is 1. The number of halogens is 3. The number of anilines is 1. The average Bonchev–Trinajstić information content (AvgIpc) is 2.86. The molecule has 0 atom stereocenters. The third-order valence-corrected chi connectivity index (χ3v) is 3.12. The molecule has 5 nitrogen and oxygen atoms in total. The van der Waals surface area contributed by atoms with Crippen molar-refractivity contribution in [1.29, 1.82) is 0 Å². The van der Waals surface area contributed by atoms with Crippen LogP contribution >= 0.6 is 11.5 Å². The van der Waals surface area contributed by atoms with Gasteiger partial charge in [0, 0.05) is 36.4 Å². The molecule has 18 heavy (non-hydrogen) atoms. The van der Waals surface area contributed by atoms with Crippen molar-refractivity contribution in [3.8, 4) is 0 Å². The van der Waals surface area contributed by atoms with E-state index in [0.29, 0.717) is 18.1 Å². The quantitative estimate of drug-likeness (QED) is 0.934. The van der Waals surface area contributed by atoms with Crippen molar-refractivity contribution in [2.75, 3.05) is 5.32 Å². The molecule has 0 unspecified atom stereocenters. The van der Waals surface area contributed by atoms with E-state index < -0.39 is 12.0 Å². The highest BCUT2D eigenvalue weighted by molar-refractivity contribution is 7.09. The fraction of sp³-hybridized carbons (Fsp3) is 0.444. The molecule has 0 radical (unpaired) electrons. The summed E-state index contributed by atoms with van der Waals surface area (Å²) in [7, 11) is 1.80. The summed E-state index contributed by atoms with van der Waals surface area (Å²) in [6.07, 6.45) is -2.84. The van der Waals surface area contributed by atoms with Crippen molar-refractivity contribution < 1.29 is 13.2 Å². The molecule has 2 rings (SSSR count). The van der Waals surface area contributed by atoms with E-state index in [0.717, 1.165) is 11.3 Å². The van der Waals surface area contributed by atoms with E-state index in [1.807, 2.05) is 6.92 Å². The van der Waals surface area contributed by atoms with Gasteiger partial charge in [-0.2, -0.15) is 27.6 Å². The molecule has 0 aliphatic carbocycles. The third-order valence-electron chi connectivity index (χ3n) is 2.45. The summed E-state index contributed by atoms with van der Waals surface area (Å²) in [6.45, 7) is 2.25. The van der Waals surface area contributed by atoms with Crippen LogP contribution in [0.3, 0.4) is 0 Å². The summed E-state index contributed by atoms with van der Waals surface area (Å²) in [5.41, 5.74) is 1.85. The molecule has 0 amide bonds. The zero-order valence-corrected chi connectivity index (χ0v) is 10.4. The monoisotopic (exact) mass is 277 g/mol. The average molecular weight is 277 g/mol. The third kappa shape index (κ3) is 2.61. The number of rotatable bonds is 3. The Kier molecular flexibility index (Phi) is 3.24. The van der Waals surface area contributed by atoms with Gasteiger partial charge in [0.25, 0.3) is 0 Å². The molecule has 0 saturated heterocycles. The molecular formula is C9H10F3N5S. The Morgan fingerprint density at radius 2 is 2.17 bits per heavy atom. The Hall–Kier alpha value is -1.64. The summed E-state index contributed by atoms with van der Waals surface area (Å²) in [4.78, 5) is 3.38. The zero-order valence-electron chi connectivity index (χ0n) is 9.62. The van der Waals surface area contributed by atoms with Crippen LogP contribution < -0.4 is 5.32 Å². The number of nitrogens with zero attached hydrogens (tertiary/aromatic N) is 4. The van der Waals surface area contributed by atoms with Gasteiger partial charge in [0.15, 0.2) is 0 Å². The minimum atomic E-state index is -4.50. The fourth-order valence-electron chi connectivity index (χ4n) is 1.30. The lowest BCUT2D eigenvalue weighted by atomic mass is 10.2. The van der Waals surface area contributed by atoms with Gasteiger partial charge >= 0.3 is 6.18 Å². The van der Waals surface area contributed by atoms with Crippen molar-refractivity contribution in [3.63, 3.8) is 0 Å². The van der Waals surface area contributed by atoms with Crippen LogP contribution in [0, 0.1) is 6.92 Å². The van der Waals surface area contributed by atoms with Crippen LogP contribution in [0.15, 0.2) is 6.20 Å². The molecule has 2 aromatic heterocycles. The predicted molar refractivity (Wildman–Crippen MR) is 60.2 cm³/mol. The number of hydrogen-bond acceptors (Lipinski definition) is 5. The number of aromatic nitrogens is 4. The predicted octanol–water partition coefficient (Wildman–Crippen LogP) is 2.21. The largest absolute Gasteiger partial charge is 0.452 e. The van der Waals surface area contributed by atoms with E-state index in [1.54, 1.807) is 17.9 Å². The standard InChI is InChI=1S/C9H10F3N5S/c1-5-6(4-14-17(5)2)3-13-8-15-7(16-18-8)9(10,11)12/h4H,3H2,1-2H3,(H,13,15,16). The van der Waals surface area contributed by atoms with Crippen LogP contribution in [0.25, 0.3) is 0 Å². The van der Waals surface area contributed by atoms with E-state index in [1.165, 1.54) is 0 Å². The second kappa shape index (κ2) is 4.56. The molecule has 0 aromatic carbocycles. The van der Waals surface area contributed by atoms with Crippen LogP contribution in [0.1, 0.15) is 17.1 Å². The van der Waals surface area contributed by atoms with Crippen LogP contribution in [-0.4, -0.2) is 19.1 Å². The Balaban J connectivity index is 2.03. The van der Waals surface area contributed by atoms with Crippen molar-refractivity contribution in [1.82, 2.24) is 19.1 Å². The van der Waals surface area contributed by atoms with Crippen LogP contribution in [0.4, 0.5) is 18.3 Å². The topological polar surface area (TPSA) is 55.6 Å². The zero-order chi connectivity index (χ0) is 13.3. The van der Waals surface area contributed by atoms with Crippen molar-refractivity contribution in [3.05, 3.63) is 23.3 Å². The lowest BCUT2D eigenvalue weighted by Crippen LogP contribution is -2.07. The SMILES string of the molecule is Cc1c(CNc2nc(C(F)(F)F)ns2)cnn1C. The maximum Gasteiger partial charge on any atom is 0.452 e. The molecule has 0 spiro atoms. The molecule has 0 aliphatic heterocycles. The molecule has 0 saturated carbocycles. The highest BCUT2D eigenvalue weighted by Crippen LogP contribution is 2.29.